The van der Waals surface area contributed by atoms with Crippen LogP contribution in [0.15, 0.2) is 36.4 Å². The third-order valence-corrected chi connectivity index (χ3v) is 4.78. The maximum Gasteiger partial charge on any atom is 0.269 e. The van der Waals surface area contributed by atoms with Gasteiger partial charge in [0.15, 0.2) is 0 Å². The fourth-order valence-corrected chi connectivity index (χ4v) is 3.50. The summed E-state index contributed by atoms with van der Waals surface area (Å²) in [5.41, 5.74) is 1.30. The predicted octanol–water partition coefficient (Wildman–Crippen LogP) is 1.83. The highest BCUT2D eigenvalue weighted by molar-refractivity contribution is 5.94. The van der Waals surface area contributed by atoms with E-state index in [2.05, 4.69) is 15.2 Å². The summed E-state index contributed by atoms with van der Waals surface area (Å²) in [5.74, 6) is -0.136. The van der Waals surface area contributed by atoms with Crippen LogP contribution in [-0.2, 0) is 4.74 Å². The minimum absolute atomic E-state index is 0.0776. The quantitative estimate of drug-likeness (QED) is 0.939. The van der Waals surface area contributed by atoms with Gasteiger partial charge in [0.1, 0.15) is 5.69 Å². The fraction of sp³-hybridized carbons (Fsp3) is 0.444. The normalized spacial score (nSPS) is 24.5. The van der Waals surface area contributed by atoms with Gasteiger partial charge in [-0.25, -0.2) is 4.98 Å². The summed E-state index contributed by atoms with van der Waals surface area (Å²) >= 11 is 0. The number of carbonyl (C=O) groups excluding carboxylic acids is 1. The molecule has 1 N–H and O–H groups in total. The Balaban J connectivity index is 1.37. The van der Waals surface area contributed by atoms with Gasteiger partial charge in [-0.15, -0.1) is 0 Å². The molecule has 1 aromatic heterocycles. The first-order valence-corrected chi connectivity index (χ1v) is 8.29. The molecule has 2 atom stereocenters. The zero-order valence-corrected chi connectivity index (χ0v) is 13.1. The van der Waals surface area contributed by atoms with E-state index >= 15 is 0 Å². The molecule has 0 aliphatic carbocycles. The third kappa shape index (κ3) is 3.07. The van der Waals surface area contributed by atoms with Gasteiger partial charge in [0.05, 0.1) is 18.2 Å². The van der Waals surface area contributed by atoms with Gasteiger partial charge in [0, 0.05) is 24.5 Å². The van der Waals surface area contributed by atoms with Crippen molar-refractivity contribution < 1.29 is 9.53 Å². The number of benzene rings is 1. The number of nitrogens with zero attached hydrogens (tertiary/aromatic N) is 2. The zero-order valence-electron chi connectivity index (χ0n) is 13.1. The molecule has 2 aliphatic heterocycles. The lowest BCUT2D eigenvalue weighted by molar-refractivity contribution is -0.0462. The van der Waals surface area contributed by atoms with Crippen LogP contribution in [0.5, 0.6) is 0 Å². The number of carbonyl (C=O) groups is 1. The molecule has 23 heavy (non-hydrogen) atoms. The second kappa shape index (κ2) is 6.26. The van der Waals surface area contributed by atoms with Gasteiger partial charge >= 0.3 is 0 Å². The molecule has 0 unspecified atom stereocenters. The smallest absolute Gasteiger partial charge is 0.269 e. The van der Waals surface area contributed by atoms with E-state index in [1.807, 2.05) is 30.3 Å². The van der Waals surface area contributed by atoms with Crippen molar-refractivity contribution in [2.45, 2.75) is 25.0 Å². The van der Waals surface area contributed by atoms with Crippen LogP contribution in [0.25, 0.3) is 10.9 Å². The lowest BCUT2D eigenvalue weighted by Crippen LogP contribution is -2.50. The van der Waals surface area contributed by atoms with E-state index in [1.165, 1.54) is 12.8 Å². The molecule has 4 rings (SSSR count). The lowest BCUT2D eigenvalue weighted by atomic mass is 10.2. The number of pyridine rings is 1. The average Bonchev–Trinajstić information content (AvgIpc) is 3.07. The Bertz CT molecular complexity index is 718. The maximum absolute atomic E-state index is 12.3. The van der Waals surface area contributed by atoms with Gasteiger partial charge in [-0.3, -0.25) is 9.69 Å². The van der Waals surface area contributed by atoms with Gasteiger partial charge in [-0.2, -0.15) is 0 Å². The van der Waals surface area contributed by atoms with E-state index < -0.39 is 0 Å². The Morgan fingerprint density at radius 1 is 1.30 bits per heavy atom. The molecule has 0 bridgehead atoms. The fourth-order valence-electron chi connectivity index (χ4n) is 3.50. The van der Waals surface area contributed by atoms with Crippen LogP contribution in [0.4, 0.5) is 0 Å². The van der Waals surface area contributed by atoms with E-state index in [9.17, 15) is 4.79 Å². The highest BCUT2D eigenvalue weighted by Crippen LogP contribution is 2.22. The van der Waals surface area contributed by atoms with Crippen molar-refractivity contribution in [3.8, 4) is 0 Å². The Hall–Kier alpha value is -1.98. The second-order valence-electron chi connectivity index (χ2n) is 6.35. The molecule has 1 aromatic carbocycles. The number of fused-ring (bicyclic) bond motifs is 2. The van der Waals surface area contributed by atoms with Crippen molar-refractivity contribution in [1.82, 2.24) is 15.2 Å². The van der Waals surface area contributed by atoms with Crippen molar-refractivity contribution in [3.05, 3.63) is 42.1 Å². The van der Waals surface area contributed by atoms with E-state index in [4.69, 9.17) is 4.74 Å². The molecule has 0 radical (unpaired) electrons. The molecular formula is C18H21N3O2. The van der Waals surface area contributed by atoms with Crippen molar-refractivity contribution in [3.63, 3.8) is 0 Å². The maximum atomic E-state index is 12.3. The lowest BCUT2D eigenvalue weighted by Gasteiger charge is -2.35. The number of aromatic nitrogens is 1. The third-order valence-electron chi connectivity index (χ3n) is 4.78. The van der Waals surface area contributed by atoms with E-state index in [0.29, 0.717) is 18.3 Å². The number of ether oxygens (including phenoxy) is 1. The van der Waals surface area contributed by atoms with Gasteiger partial charge in [-0.05, 0) is 31.5 Å². The summed E-state index contributed by atoms with van der Waals surface area (Å²) in [5, 5.41) is 4.00. The largest absolute Gasteiger partial charge is 0.373 e. The standard InChI is InChI=1S/C18H21N3O2/c22-18(17-8-7-13-4-1-2-6-16(13)20-17)19-10-15-11-21-9-3-5-14(21)12-23-15/h1-2,4,6-8,14-15H,3,5,9-12H2,(H,19,22)/t14-,15+/m1/s1. The molecule has 2 saturated heterocycles. The molecule has 2 fully saturated rings. The van der Waals surface area contributed by atoms with Gasteiger partial charge < -0.3 is 10.1 Å². The molecule has 0 spiro atoms. The van der Waals surface area contributed by atoms with Crippen molar-refractivity contribution in [2.75, 3.05) is 26.2 Å². The van der Waals surface area contributed by atoms with Gasteiger partial charge in [0.2, 0.25) is 0 Å². The summed E-state index contributed by atoms with van der Waals surface area (Å²) in [4.78, 5) is 19.2. The predicted molar refractivity (Wildman–Crippen MR) is 88.4 cm³/mol. The molecule has 120 valence electrons. The number of hydrogen-bond acceptors (Lipinski definition) is 4. The molecule has 3 heterocycles. The van der Waals surface area contributed by atoms with Crippen molar-refractivity contribution >= 4 is 16.8 Å². The van der Waals surface area contributed by atoms with Crippen LogP contribution < -0.4 is 5.32 Å². The zero-order chi connectivity index (χ0) is 15.6. The van der Waals surface area contributed by atoms with Crippen LogP contribution >= 0.6 is 0 Å². The first-order chi connectivity index (χ1) is 11.3. The molecule has 2 aromatic rings. The number of morpholine rings is 1. The Morgan fingerprint density at radius 3 is 3.17 bits per heavy atom. The molecule has 1 amide bonds. The SMILES string of the molecule is O=C(NC[C@H]1CN2CCC[C@@H]2CO1)c1ccc2ccccc2n1. The first-order valence-electron chi connectivity index (χ1n) is 8.29. The summed E-state index contributed by atoms with van der Waals surface area (Å²) < 4.78 is 5.87. The first kappa shape index (κ1) is 14.6. The highest BCUT2D eigenvalue weighted by atomic mass is 16.5. The molecular weight excluding hydrogens is 290 g/mol. The van der Waals surface area contributed by atoms with E-state index in [0.717, 1.165) is 30.6 Å². The Morgan fingerprint density at radius 2 is 2.22 bits per heavy atom. The van der Waals surface area contributed by atoms with Crippen LogP contribution in [-0.4, -0.2) is 54.2 Å². The van der Waals surface area contributed by atoms with E-state index in [-0.39, 0.29) is 12.0 Å². The monoisotopic (exact) mass is 311 g/mol. The second-order valence-corrected chi connectivity index (χ2v) is 6.35. The summed E-state index contributed by atoms with van der Waals surface area (Å²) in [6, 6.07) is 12.1. The number of para-hydroxylation sites is 1. The van der Waals surface area contributed by atoms with E-state index in [1.54, 1.807) is 6.07 Å². The number of rotatable bonds is 3. The molecule has 0 saturated carbocycles. The van der Waals surface area contributed by atoms with Crippen LogP contribution in [0.1, 0.15) is 23.3 Å². The number of amides is 1. The van der Waals surface area contributed by atoms with Gasteiger partial charge in [0.25, 0.3) is 5.91 Å². The summed E-state index contributed by atoms with van der Waals surface area (Å²) in [7, 11) is 0. The number of hydrogen-bond donors (Lipinski definition) is 1. The topological polar surface area (TPSA) is 54.5 Å². The molecule has 5 nitrogen and oxygen atoms in total. The Kier molecular flexibility index (Phi) is 3.97. The van der Waals surface area contributed by atoms with Crippen molar-refractivity contribution in [1.29, 1.82) is 0 Å². The van der Waals surface area contributed by atoms with Crippen LogP contribution in [0.2, 0.25) is 0 Å². The molecule has 5 heteroatoms. The Labute approximate surface area is 135 Å². The molecule has 2 aliphatic rings. The van der Waals surface area contributed by atoms with Gasteiger partial charge in [-0.1, -0.05) is 24.3 Å². The van der Waals surface area contributed by atoms with Crippen LogP contribution in [0, 0.1) is 0 Å². The highest BCUT2D eigenvalue weighted by Gasteiger charge is 2.32. The average molecular weight is 311 g/mol. The summed E-state index contributed by atoms with van der Waals surface area (Å²) in [6.07, 6.45) is 2.57. The minimum Gasteiger partial charge on any atom is -0.373 e. The van der Waals surface area contributed by atoms with Crippen LogP contribution in [0.3, 0.4) is 0 Å². The minimum atomic E-state index is -0.136. The number of nitrogens with one attached hydrogen (secondary N) is 1. The summed E-state index contributed by atoms with van der Waals surface area (Å²) in [6.45, 7) is 3.39. The van der Waals surface area contributed by atoms with Crippen molar-refractivity contribution in [2.24, 2.45) is 0 Å².